The van der Waals surface area contributed by atoms with Gasteiger partial charge in [0.15, 0.2) is 0 Å². The van der Waals surface area contributed by atoms with Crippen LogP contribution in [0.4, 0.5) is 0 Å². The van der Waals surface area contributed by atoms with Crippen LogP contribution in [-0.4, -0.2) is 45.8 Å². The molecule has 4 aliphatic rings. The fourth-order valence-electron chi connectivity index (χ4n) is 10.6. The number of hydrogen-bond acceptors (Lipinski definition) is 4. The van der Waals surface area contributed by atoms with Crippen molar-refractivity contribution in [1.82, 2.24) is 0 Å². The fourth-order valence-corrected chi connectivity index (χ4v) is 10.6. The molecule has 0 aromatic carbocycles. The number of methoxy groups -OCH3 is 1. The number of fused-ring (bicyclic) bond motifs is 5. The molecule has 3 N–H and O–H groups in total. The van der Waals surface area contributed by atoms with Crippen molar-refractivity contribution in [2.24, 2.45) is 45.3 Å². The Morgan fingerprint density at radius 2 is 1.46 bits per heavy atom. The highest BCUT2D eigenvalue weighted by Crippen LogP contribution is 2.75. The Morgan fingerprint density at radius 1 is 0.829 bits per heavy atom. The zero-order chi connectivity index (χ0) is 26.2. The molecule has 4 saturated carbocycles. The van der Waals surface area contributed by atoms with Crippen LogP contribution in [0.2, 0.25) is 0 Å². The number of aliphatic hydroxyl groups is 3. The minimum absolute atomic E-state index is 0.0317. The Balaban J connectivity index is 1.60. The van der Waals surface area contributed by atoms with E-state index in [1.54, 1.807) is 7.11 Å². The molecule has 0 spiro atoms. The van der Waals surface area contributed by atoms with Gasteiger partial charge >= 0.3 is 0 Å². The lowest BCUT2D eigenvalue weighted by molar-refractivity contribution is -0.246. The first kappa shape index (κ1) is 27.9. The van der Waals surface area contributed by atoms with E-state index in [0.717, 1.165) is 51.4 Å². The largest absolute Gasteiger partial charge is 0.393 e. The van der Waals surface area contributed by atoms with E-state index in [-0.39, 0.29) is 51.3 Å². The Bertz CT molecular complexity index is 789. The molecule has 0 aliphatic heterocycles. The summed E-state index contributed by atoms with van der Waals surface area (Å²) in [4.78, 5) is 0. The molecule has 4 heteroatoms. The van der Waals surface area contributed by atoms with E-state index in [1.807, 2.05) is 6.92 Å². The highest BCUT2D eigenvalue weighted by atomic mass is 16.5. The molecule has 10 atom stereocenters. The third-order valence-corrected chi connectivity index (χ3v) is 13.2. The van der Waals surface area contributed by atoms with Gasteiger partial charge in [0.05, 0.1) is 23.4 Å². The van der Waals surface area contributed by atoms with Crippen molar-refractivity contribution in [3.63, 3.8) is 0 Å². The Labute approximate surface area is 215 Å². The van der Waals surface area contributed by atoms with Gasteiger partial charge < -0.3 is 20.1 Å². The molecule has 204 valence electrons. The Kier molecular flexibility index (Phi) is 6.91. The predicted octanol–water partition coefficient (Wildman–Crippen LogP) is 6.35. The first-order valence-corrected chi connectivity index (χ1v) is 14.6. The average molecular weight is 493 g/mol. The van der Waals surface area contributed by atoms with E-state index >= 15 is 0 Å². The summed E-state index contributed by atoms with van der Waals surface area (Å²) in [6, 6.07) is 0. The summed E-state index contributed by atoms with van der Waals surface area (Å²) in [7, 11) is 1.76. The normalized spacial score (nSPS) is 49.0. The van der Waals surface area contributed by atoms with Gasteiger partial charge in [0.2, 0.25) is 0 Å². The first-order valence-electron chi connectivity index (χ1n) is 14.6. The minimum atomic E-state index is -0.769. The number of ether oxygens (including phenoxy) is 1. The van der Waals surface area contributed by atoms with E-state index in [1.165, 1.54) is 12.8 Å². The predicted molar refractivity (Wildman–Crippen MR) is 142 cm³/mol. The molecule has 0 saturated heterocycles. The van der Waals surface area contributed by atoms with Gasteiger partial charge in [-0.3, -0.25) is 0 Å². The Hall–Kier alpha value is -0.160. The van der Waals surface area contributed by atoms with Crippen molar-refractivity contribution in [2.45, 2.75) is 143 Å². The molecule has 4 aliphatic carbocycles. The van der Waals surface area contributed by atoms with Crippen molar-refractivity contribution in [3.8, 4) is 0 Å². The smallest absolute Gasteiger partial charge is 0.0651 e. The number of aliphatic hydroxyl groups excluding tert-OH is 2. The SMILES string of the molecule is COC(C)(C)CCC[C@](C)(O)[C@H]1CC[C@@]2(C)[C@H]1[C@@H](O)C[C@@H]1[C@@]3(C)CCC(O)C(C)(C)C3CC[C@]12C. The summed E-state index contributed by atoms with van der Waals surface area (Å²) in [6.45, 7) is 18.3. The lowest BCUT2D eigenvalue weighted by Gasteiger charge is -2.70. The Morgan fingerprint density at radius 3 is 2.09 bits per heavy atom. The first-order chi connectivity index (χ1) is 16.0. The molecule has 0 heterocycles. The molecular weight excluding hydrogens is 436 g/mol. The van der Waals surface area contributed by atoms with Crippen molar-refractivity contribution < 1.29 is 20.1 Å². The van der Waals surface area contributed by atoms with Gasteiger partial charge in [0.25, 0.3) is 0 Å². The molecule has 0 aromatic heterocycles. The van der Waals surface area contributed by atoms with Crippen LogP contribution in [0.5, 0.6) is 0 Å². The van der Waals surface area contributed by atoms with Crippen LogP contribution in [0.1, 0.15) is 120 Å². The topological polar surface area (TPSA) is 69.9 Å². The molecule has 4 fully saturated rings. The molecule has 35 heavy (non-hydrogen) atoms. The van der Waals surface area contributed by atoms with Crippen LogP contribution in [0.25, 0.3) is 0 Å². The van der Waals surface area contributed by atoms with Gasteiger partial charge in [-0.25, -0.2) is 0 Å². The maximum Gasteiger partial charge on any atom is 0.0651 e. The van der Waals surface area contributed by atoms with E-state index in [0.29, 0.717) is 11.8 Å². The molecule has 4 nitrogen and oxygen atoms in total. The zero-order valence-electron chi connectivity index (χ0n) is 24.3. The molecule has 0 radical (unpaired) electrons. The van der Waals surface area contributed by atoms with E-state index in [9.17, 15) is 15.3 Å². The third kappa shape index (κ3) is 4.07. The van der Waals surface area contributed by atoms with Gasteiger partial charge in [-0.2, -0.15) is 0 Å². The quantitative estimate of drug-likeness (QED) is 0.404. The van der Waals surface area contributed by atoms with Gasteiger partial charge in [-0.05, 0) is 130 Å². The average Bonchev–Trinajstić information content (AvgIpc) is 3.14. The fraction of sp³-hybridized carbons (Fsp3) is 1.00. The van der Waals surface area contributed by atoms with Crippen LogP contribution in [0, 0.1) is 45.3 Å². The minimum Gasteiger partial charge on any atom is -0.393 e. The maximum absolute atomic E-state index is 11.8. The van der Waals surface area contributed by atoms with E-state index < -0.39 is 5.60 Å². The van der Waals surface area contributed by atoms with Gasteiger partial charge in [-0.1, -0.05) is 34.6 Å². The molecule has 4 rings (SSSR count). The van der Waals surface area contributed by atoms with Crippen molar-refractivity contribution in [1.29, 1.82) is 0 Å². The molecule has 2 unspecified atom stereocenters. The van der Waals surface area contributed by atoms with Crippen LogP contribution >= 0.6 is 0 Å². The molecule has 0 bridgehead atoms. The summed E-state index contributed by atoms with van der Waals surface area (Å²) in [5, 5.41) is 34.5. The second-order valence-corrected chi connectivity index (χ2v) is 15.5. The van der Waals surface area contributed by atoms with Crippen LogP contribution in [0.15, 0.2) is 0 Å². The molecule has 0 amide bonds. The third-order valence-electron chi connectivity index (χ3n) is 13.2. The highest BCUT2D eigenvalue weighted by Gasteiger charge is 2.71. The number of rotatable bonds is 6. The van der Waals surface area contributed by atoms with Crippen LogP contribution in [-0.2, 0) is 4.74 Å². The lowest BCUT2D eigenvalue weighted by Crippen LogP contribution is -2.66. The number of hydrogen-bond donors (Lipinski definition) is 3. The molecule has 0 aromatic rings. The van der Waals surface area contributed by atoms with Gasteiger partial charge in [0.1, 0.15) is 0 Å². The lowest BCUT2D eigenvalue weighted by atomic mass is 9.35. The summed E-state index contributed by atoms with van der Waals surface area (Å²) < 4.78 is 5.61. The second kappa shape index (κ2) is 8.68. The van der Waals surface area contributed by atoms with Gasteiger partial charge in [-0.15, -0.1) is 0 Å². The van der Waals surface area contributed by atoms with E-state index in [4.69, 9.17) is 4.74 Å². The standard InChI is InChI=1S/C31H56O4/c1-26(2,35-9)14-10-15-31(8,34)20-11-17-30(7)25(20)21(32)19-23-28(5)16-13-24(33)27(3,4)22(28)12-18-29(23,30)6/h20-25,32-34H,10-19H2,1-9H3/t20-,21-,22?,23+,24?,25+,28-,29+,30-,31-/m0/s1. The summed E-state index contributed by atoms with van der Waals surface area (Å²) in [5.74, 6) is 1.24. The van der Waals surface area contributed by atoms with Crippen LogP contribution in [0.3, 0.4) is 0 Å². The maximum atomic E-state index is 11.8. The molecular formula is C31H56O4. The van der Waals surface area contributed by atoms with Crippen molar-refractivity contribution >= 4 is 0 Å². The van der Waals surface area contributed by atoms with E-state index in [2.05, 4.69) is 48.5 Å². The highest BCUT2D eigenvalue weighted by molar-refractivity contribution is 5.19. The van der Waals surface area contributed by atoms with Gasteiger partial charge in [0, 0.05) is 7.11 Å². The zero-order valence-corrected chi connectivity index (χ0v) is 24.3. The summed E-state index contributed by atoms with van der Waals surface area (Å²) in [6.07, 6.45) is 9.25. The van der Waals surface area contributed by atoms with Crippen molar-refractivity contribution in [3.05, 3.63) is 0 Å². The van der Waals surface area contributed by atoms with Crippen LogP contribution < -0.4 is 0 Å². The second-order valence-electron chi connectivity index (χ2n) is 15.5. The monoisotopic (exact) mass is 492 g/mol. The van der Waals surface area contributed by atoms with Crippen molar-refractivity contribution in [2.75, 3.05) is 7.11 Å². The summed E-state index contributed by atoms with van der Waals surface area (Å²) >= 11 is 0. The summed E-state index contributed by atoms with van der Waals surface area (Å²) in [5.41, 5.74) is -0.672.